The van der Waals surface area contributed by atoms with Crippen LogP contribution < -0.4 is 55.4 Å². The van der Waals surface area contributed by atoms with Crippen molar-refractivity contribution in [3.8, 4) is 16.9 Å². The normalized spacial score (nSPS) is 11.6. The molecule has 1 aliphatic carbocycles. The minimum Gasteiger partial charge on any atom is -0.550 e. The summed E-state index contributed by atoms with van der Waals surface area (Å²) in [5, 5.41) is 25.7. The Morgan fingerprint density at radius 3 is 1.91 bits per heavy atom. The van der Waals surface area contributed by atoms with Crippen molar-refractivity contribution in [2.45, 2.75) is 25.3 Å². The molecule has 0 saturated carbocycles. The number of rotatable bonds is 11. The molecule has 226 valence electrons. The van der Waals surface area contributed by atoms with Gasteiger partial charge in [0.2, 0.25) is 5.91 Å². The van der Waals surface area contributed by atoms with Gasteiger partial charge in [-0.25, -0.2) is 4.79 Å². The number of methoxy groups -OCH3 is 1. The maximum atomic E-state index is 12.6. The van der Waals surface area contributed by atoms with E-state index in [1.165, 1.54) is 7.11 Å². The van der Waals surface area contributed by atoms with Crippen LogP contribution in [0.2, 0.25) is 0 Å². The number of alkyl carbamates (subject to hydrolysis) is 1. The van der Waals surface area contributed by atoms with Crippen LogP contribution in [0.25, 0.3) is 11.1 Å². The Bertz CT molecular complexity index is 1410. The Balaban J connectivity index is 0.00000127. The van der Waals surface area contributed by atoms with Crippen LogP contribution in [0.15, 0.2) is 72.8 Å². The first-order valence-electron chi connectivity index (χ1n) is 13.3. The zero-order valence-electron chi connectivity index (χ0n) is 24.6. The van der Waals surface area contributed by atoms with Crippen molar-refractivity contribution in [3.05, 3.63) is 89.5 Å². The van der Waals surface area contributed by atoms with E-state index in [9.17, 15) is 24.3 Å². The van der Waals surface area contributed by atoms with Gasteiger partial charge in [0.1, 0.15) is 18.4 Å². The molecule has 12 nitrogen and oxygen atoms in total. The molecule has 0 radical (unpaired) electrons. The van der Waals surface area contributed by atoms with Gasteiger partial charge in [-0.3, -0.25) is 14.4 Å². The maximum absolute atomic E-state index is 12.6. The van der Waals surface area contributed by atoms with E-state index in [0.717, 1.165) is 29.2 Å². The van der Waals surface area contributed by atoms with Gasteiger partial charge in [-0.15, -0.1) is 0 Å². The van der Waals surface area contributed by atoms with E-state index >= 15 is 0 Å². The van der Waals surface area contributed by atoms with E-state index in [-0.39, 0.29) is 61.1 Å². The summed E-state index contributed by atoms with van der Waals surface area (Å²) in [6.07, 6.45) is -1.53. The number of amides is 3. The molecule has 0 unspecified atom stereocenters. The molecule has 13 heteroatoms. The molecule has 0 fully saturated rings. The molecular formula is C31H32N3NaO9. The monoisotopic (exact) mass is 613 g/mol. The number of aliphatic carboxylic acids is 2. The molecule has 1 atom stereocenters. The number of carbonyl (C=O) groups excluding carboxylic acids is 4. The smallest absolute Gasteiger partial charge is 0.550 e. The summed E-state index contributed by atoms with van der Waals surface area (Å²) in [5.74, 6) is -2.95. The number of hydrogen-bond acceptors (Lipinski definition) is 8. The van der Waals surface area contributed by atoms with Crippen LogP contribution in [0.4, 0.5) is 4.79 Å². The second kappa shape index (κ2) is 17.7. The number of nitrogens with one attached hydrogen (secondary N) is 3. The van der Waals surface area contributed by atoms with Gasteiger partial charge in [-0.05, 0) is 53.4 Å². The van der Waals surface area contributed by atoms with Crippen LogP contribution in [-0.4, -0.2) is 67.8 Å². The summed E-state index contributed by atoms with van der Waals surface area (Å²) < 4.78 is 10.5. The van der Waals surface area contributed by atoms with Crippen molar-refractivity contribution < 1.29 is 73.2 Å². The molecule has 0 saturated heterocycles. The third-order valence-corrected chi connectivity index (χ3v) is 6.39. The van der Waals surface area contributed by atoms with Crippen molar-refractivity contribution >= 4 is 29.8 Å². The Morgan fingerprint density at radius 1 is 0.864 bits per heavy atom. The standard InChI is InChI=1S/C29H29N3O7.C2H4O2.Na/c1-38-19-12-10-18(11-13-19)27(35)30-14-15-31-28(36)25(16-26(33)34)32-29(37)39-17-24-22-8-4-2-6-20(22)21-7-3-5-9-23(21)24;1-2(3)4;/h2-13,24-25H,14-17H2,1H3,(H,30,35)(H,31,36)(H,32,37)(H,33,34);1H3,(H,3,4);/q;;+1/p-1/t25-;;/m1../s1. The van der Waals surface area contributed by atoms with Crippen molar-refractivity contribution in [1.82, 2.24) is 16.0 Å². The largest absolute Gasteiger partial charge is 1.00 e. The summed E-state index contributed by atoms with van der Waals surface area (Å²) in [4.78, 5) is 57.6. The van der Waals surface area contributed by atoms with Gasteiger partial charge in [-0.2, -0.15) is 0 Å². The number of benzene rings is 3. The van der Waals surface area contributed by atoms with Gasteiger partial charge in [0.25, 0.3) is 5.91 Å². The Morgan fingerprint density at radius 2 is 1.39 bits per heavy atom. The molecule has 4 N–H and O–H groups in total. The van der Waals surface area contributed by atoms with Crippen LogP contribution in [0.3, 0.4) is 0 Å². The van der Waals surface area contributed by atoms with Gasteiger partial charge in [0, 0.05) is 30.5 Å². The number of carbonyl (C=O) groups is 5. The number of ether oxygens (including phenoxy) is 2. The van der Waals surface area contributed by atoms with Gasteiger partial charge < -0.3 is 40.4 Å². The SMILES string of the molecule is CC(=O)[O-].COc1ccc(C(=O)NCCNC(=O)[C@@H](CC(=O)O)NC(=O)OCC2c3ccccc3-c3ccccc32)cc1.[Na+]. The third-order valence-electron chi connectivity index (χ3n) is 6.39. The predicted octanol–water partition coefficient (Wildman–Crippen LogP) is -1.32. The summed E-state index contributed by atoms with van der Waals surface area (Å²) in [5.41, 5.74) is 4.63. The molecule has 0 spiro atoms. The van der Waals surface area contributed by atoms with Crippen molar-refractivity contribution in [2.75, 3.05) is 26.8 Å². The molecular weight excluding hydrogens is 581 g/mol. The third kappa shape index (κ3) is 10.4. The zero-order chi connectivity index (χ0) is 31.4. The van der Waals surface area contributed by atoms with Gasteiger partial charge in [0.05, 0.1) is 13.5 Å². The van der Waals surface area contributed by atoms with Crippen LogP contribution >= 0.6 is 0 Å². The van der Waals surface area contributed by atoms with E-state index in [1.54, 1.807) is 24.3 Å². The molecule has 0 aliphatic heterocycles. The van der Waals surface area contributed by atoms with Crippen molar-refractivity contribution in [3.63, 3.8) is 0 Å². The Hall–Kier alpha value is -4.39. The van der Waals surface area contributed by atoms with E-state index < -0.39 is 36.4 Å². The molecule has 4 rings (SSSR count). The number of carboxylic acid groups (broad SMARTS) is 2. The Kier molecular flexibility index (Phi) is 14.4. The summed E-state index contributed by atoms with van der Waals surface area (Å²) in [6.45, 7) is 1.13. The van der Waals surface area contributed by atoms with Crippen LogP contribution in [0.1, 0.15) is 40.7 Å². The molecule has 1 aliphatic rings. The first-order valence-corrected chi connectivity index (χ1v) is 13.3. The van der Waals surface area contributed by atoms with E-state index in [1.807, 2.05) is 48.5 Å². The summed E-state index contributed by atoms with van der Waals surface area (Å²) in [7, 11) is 1.53. The quantitative estimate of drug-likeness (QED) is 0.151. The van der Waals surface area contributed by atoms with Gasteiger partial charge in [-0.1, -0.05) is 48.5 Å². The number of hydrogen-bond donors (Lipinski definition) is 4. The molecule has 3 aromatic rings. The van der Waals surface area contributed by atoms with Crippen LogP contribution in [0.5, 0.6) is 5.75 Å². The van der Waals surface area contributed by atoms with E-state index in [4.69, 9.17) is 19.4 Å². The van der Waals surface area contributed by atoms with Crippen LogP contribution in [0, 0.1) is 0 Å². The average molecular weight is 614 g/mol. The van der Waals surface area contributed by atoms with Gasteiger partial charge in [0.15, 0.2) is 0 Å². The second-order valence-corrected chi connectivity index (χ2v) is 9.39. The summed E-state index contributed by atoms with van der Waals surface area (Å²) in [6, 6.07) is 20.9. The average Bonchev–Trinajstić information content (AvgIpc) is 3.31. The molecule has 3 aromatic carbocycles. The minimum atomic E-state index is -1.35. The Labute approximate surface area is 276 Å². The number of fused-ring (bicyclic) bond motifs is 3. The molecule has 0 bridgehead atoms. The number of carboxylic acids is 2. The molecule has 0 aromatic heterocycles. The first-order chi connectivity index (χ1) is 20.6. The topological polar surface area (TPSA) is 183 Å². The molecule has 0 heterocycles. The molecule has 44 heavy (non-hydrogen) atoms. The van der Waals surface area contributed by atoms with Gasteiger partial charge >= 0.3 is 41.6 Å². The van der Waals surface area contributed by atoms with Crippen molar-refractivity contribution in [1.29, 1.82) is 0 Å². The molecule has 3 amide bonds. The summed E-state index contributed by atoms with van der Waals surface area (Å²) >= 11 is 0. The van der Waals surface area contributed by atoms with Crippen molar-refractivity contribution in [2.24, 2.45) is 0 Å². The van der Waals surface area contributed by atoms with Crippen LogP contribution in [-0.2, 0) is 19.1 Å². The van der Waals surface area contributed by atoms with E-state index in [0.29, 0.717) is 11.3 Å². The fraction of sp³-hybridized carbons (Fsp3) is 0.258. The second-order valence-electron chi connectivity index (χ2n) is 9.39. The maximum Gasteiger partial charge on any atom is 1.00 e. The first kappa shape index (κ1) is 35.8. The fourth-order valence-corrected chi connectivity index (χ4v) is 4.50. The van der Waals surface area contributed by atoms with E-state index in [2.05, 4.69) is 16.0 Å². The minimum absolute atomic E-state index is 0. The fourth-order valence-electron chi connectivity index (χ4n) is 4.50. The predicted molar refractivity (Wildman–Crippen MR) is 153 cm³/mol. The zero-order valence-corrected chi connectivity index (χ0v) is 26.6.